The van der Waals surface area contributed by atoms with E-state index in [2.05, 4.69) is 12.2 Å². The lowest BCUT2D eigenvalue weighted by molar-refractivity contribution is -0.136. The van der Waals surface area contributed by atoms with Gasteiger partial charge in [0.1, 0.15) is 0 Å². The minimum absolute atomic E-state index is 0. The largest absolute Gasteiger partial charge is 0.354 e. The predicted molar refractivity (Wildman–Crippen MR) is 67.5 cm³/mol. The Kier molecular flexibility index (Phi) is 4.62. The van der Waals surface area contributed by atoms with Crippen LogP contribution in [0.2, 0.25) is 0 Å². The van der Waals surface area contributed by atoms with Crippen molar-refractivity contribution in [3.63, 3.8) is 0 Å². The van der Waals surface area contributed by atoms with Crippen LogP contribution in [0.25, 0.3) is 0 Å². The molecule has 0 bridgehead atoms. The van der Waals surface area contributed by atoms with Crippen LogP contribution >= 0.6 is 12.4 Å². The zero-order valence-electron chi connectivity index (χ0n) is 10.00. The summed E-state index contributed by atoms with van der Waals surface area (Å²) in [4.78, 5) is 12.0. The van der Waals surface area contributed by atoms with Gasteiger partial charge in [-0.05, 0) is 38.0 Å². The molecule has 2 rings (SSSR count). The van der Waals surface area contributed by atoms with Gasteiger partial charge < -0.3 is 11.1 Å². The van der Waals surface area contributed by atoms with Gasteiger partial charge in [-0.2, -0.15) is 0 Å². The zero-order chi connectivity index (χ0) is 10.9. The highest BCUT2D eigenvalue weighted by molar-refractivity contribution is 5.85. The van der Waals surface area contributed by atoms with Gasteiger partial charge in [0.25, 0.3) is 0 Å². The molecule has 0 aromatic heterocycles. The molecule has 0 saturated heterocycles. The Balaban J connectivity index is 0.00000128. The van der Waals surface area contributed by atoms with Gasteiger partial charge in [-0.15, -0.1) is 12.4 Å². The Morgan fingerprint density at radius 2 is 2.12 bits per heavy atom. The van der Waals surface area contributed by atoms with Crippen molar-refractivity contribution in [3.05, 3.63) is 0 Å². The zero-order valence-corrected chi connectivity index (χ0v) is 10.8. The highest BCUT2D eigenvalue weighted by atomic mass is 35.5. The van der Waals surface area contributed by atoms with E-state index in [-0.39, 0.29) is 29.8 Å². The maximum Gasteiger partial charge on any atom is 0.226 e. The molecule has 0 aromatic rings. The number of halogens is 1. The number of carbonyl (C=O) groups is 1. The molecule has 1 unspecified atom stereocenters. The van der Waals surface area contributed by atoms with E-state index in [9.17, 15) is 4.79 Å². The van der Waals surface area contributed by atoms with Gasteiger partial charge in [-0.1, -0.05) is 13.3 Å². The highest BCUT2D eigenvalue weighted by Crippen LogP contribution is 2.43. The van der Waals surface area contributed by atoms with Gasteiger partial charge in [0.2, 0.25) is 5.91 Å². The summed E-state index contributed by atoms with van der Waals surface area (Å²) in [5.41, 5.74) is 5.92. The summed E-state index contributed by atoms with van der Waals surface area (Å²) in [5.74, 6) is 0.914. The van der Waals surface area contributed by atoms with Crippen LogP contribution < -0.4 is 11.1 Å². The van der Waals surface area contributed by atoms with Crippen molar-refractivity contribution >= 4 is 18.3 Å². The maximum atomic E-state index is 12.0. The third kappa shape index (κ3) is 2.69. The molecule has 0 spiro atoms. The molecule has 3 nitrogen and oxygen atoms in total. The van der Waals surface area contributed by atoms with E-state index in [4.69, 9.17) is 5.73 Å². The van der Waals surface area contributed by atoms with Gasteiger partial charge >= 0.3 is 0 Å². The Bertz CT molecular complexity index is 244. The second-order valence-corrected chi connectivity index (χ2v) is 5.20. The van der Waals surface area contributed by atoms with Gasteiger partial charge in [-0.3, -0.25) is 4.79 Å². The predicted octanol–water partition coefficient (Wildman–Crippen LogP) is 1.84. The van der Waals surface area contributed by atoms with Crippen LogP contribution in [0.5, 0.6) is 0 Å². The third-order valence-electron chi connectivity index (χ3n) is 4.19. The van der Waals surface area contributed by atoms with Crippen molar-refractivity contribution in [2.45, 2.75) is 51.5 Å². The lowest BCUT2D eigenvalue weighted by Crippen LogP contribution is -2.48. The molecule has 16 heavy (non-hydrogen) atoms. The maximum absolute atomic E-state index is 12.0. The fourth-order valence-corrected chi connectivity index (χ4v) is 2.43. The number of nitrogens with two attached hydrogens (primary N) is 1. The molecule has 2 saturated carbocycles. The Hall–Kier alpha value is -0.280. The van der Waals surface area contributed by atoms with E-state index in [0.717, 1.165) is 19.3 Å². The monoisotopic (exact) mass is 246 g/mol. The molecular weight excluding hydrogens is 224 g/mol. The number of hydrogen-bond donors (Lipinski definition) is 2. The minimum atomic E-state index is -0.0384. The molecule has 1 atom stereocenters. The molecule has 2 fully saturated rings. The molecule has 1 amide bonds. The summed E-state index contributed by atoms with van der Waals surface area (Å²) in [6, 6.07) is 0.183. The van der Waals surface area contributed by atoms with Crippen LogP contribution in [0.15, 0.2) is 0 Å². The molecule has 0 radical (unpaired) electrons. The van der Waals surface area contributed by atoms with Crippen molar-refractivity contribution in [1.82, 2.24) is 5.32 Å². The van der Waals surface area contributed by atoms with E-state index in [1.165, 1.54) is 19.3 Å². The molecular formula is C12H23ClN2O. The average molecular weight is 247 g/mol. The molecule has 3 N–H and O–H groups in total. The number of amides is 1. The summed E-state index contributed by atoms with van der Waals surface area (Å²) < 4.78 is 0. The Labute approximate surface area is 104 Å². The normalized spacial score (nSPS) is 23.9. The minimum Gasteiger partial charge on any atom is -0.354 e. The third-order valence-corrected chi connectivity index (χ3v) is 4.19. The SMILES string of the molecule is CCC1(C(=O)NCC(N)C2CC2)CCC1.Cl. The molecule has 0 aromatic carbocycles. The number of carbonyl (C=O) groups excluding carboxylic acids is 1. The van der Waals surface area contributed by atoms with Crippen LogP contribution in [0.4, 0.5) is 0 Å². The van der Waals surface area contributed by atoms with E-state index < -0.39 is 0 Å². The fourth-order valence-electron chi connectivity index (χ4n) is 2.43. The van der Waals surface area contributed by atoms with E-state index in [1.54, 1.807) is 0 Å². The van der Waals surface area contributed by atoms with Crippen LogP contribution in [0.1, 0.15) is 45.4 Å². The Morgan fingerprint density at radius 1 is 1.50 bits per heavy atom. The fraction of sp³-hybridized carbons (Fsp3) is 0.917. The van der Waals surface area contributed by atoms with Crippen molar-refractivity contribution in [2.75, 3.05) is 6.54 Å². The quantitative estimate of drug-likeness (QED) is 0.778. The summed E-state index contributed by atoms with van der Waals surface area (Å²) in [6.07, 6.45) is 6.79. The van der Waals surface area contributed by atoms with Gasteiger partial charge in [0.15, 0.2) is 0 Å². The smallest absolute Gasteiger partial charge is 0.226 e. The molecule has 2 aliphatic carbocycles. The molecule has 0 aliphatic heterocycles. The van der Waals surface area contributed by atoms with E-state index >= 15 is 0 Å². The highest BCUT2D eigenvalue weighted by Gasteiger charge is 2.42. The first-order chi connectivity index (χ1) is 7.18. The van der Waals surface area contributed by atoms with Gasteiger partial charge in [0.05, 0.1) is 0 Å². The summed E-state index contributed by atoms with van der Waals surface area (Å²) in [6.45, 7) is 2.78. The van der Waals surface area contributed by atoms with Gasteiger partial charge in [0, 0.05) is 18.0 Å². The molecule has 4 heteroatoms. The van der Waals surface area contributed by atoms with Crippen molar-refractivity contribution in [3.8, 4) is 0 Å². The summed E-state index contributed by atoms with van der Waals surface area (Å²) in [7, 11) is 0. The number of hydrogen-bond acceptors (Lipinski definition) is 2. The van der Waals surface area contributed by atoms with E-state index in [1.807, 2.05) is 0 Å². The Morgan fingerprint density at radius 3 is 2.50 bits per heavy atom. The average Bonchev–Trinajstić information content (AvgIpc) is 2.96. The standard InChI is InChI=1S/C12H22N2O.ClH/c1-2-12(6-3-7-12)11(15)14-8-10(13)9-4-5-9;/h9-10H,2-8,13H2,1H3,(H,14,15);1H. The second kappa shape index (κ2) is 5.37. The molecule has 94 valence electrons. The molecule has 0 heterocycles. The summed E-state index contributed by atoms with van der Waals surface area (Å²) in [5, 5.41) is 3.03. The first-order valence-electron chi connectivity index (χ1n) is 6.22. The van der Waals surface area contributed by atoms with Gasteiger partial charge in [-0.25, -0.2) is 0 Å². The van der Waals surface area contributed by atoms with Crippen molar-refractivity contribution in [2.24, 2.45) is 17.1 Å². The first-order valence-corrected chi connectivity index (χ1v) is 6.22. The van der Waals surface area contributed by atoms with Crippen molar-refractivity contribution < 1.29 is 4.79 Å². The number of rotatable bonds is 5. The lowest BCUT2D eigenvalue weighted by atomic mass is 9.66. The van der Waals surface area contributed by atoms with E-state index in [0.29, 0.717) is 12.5 Å². The van der Waals surface area contributed by atoms with Crippen molar-refractivity contribution in [1.29, 1.82) is 0 Å². The topological polar surface area (TPSA) is 55.1 Å². The van der Waals surface area contributed by atoms with Crippen LogP contribution in [0.3, 0.4) is 0 Å². The van der Waals surface area contributed by atoms with Crippen LogP contribution in [0, 0.1) is 11.3 Å². The van der Waals surface area contributed by atoms with Crippen LogP contribution in [-0.2, 0) is 4.79 Å². The second-order valence-electron chi connectivity index (χ2n) is 5.20. The first kappa shape index (κ1) is 13.8. The molecule has 2 aliphatic rings. The summed E-state index contributed by atoms with van der Waals surface area (Å²) >= 11 is 0. The number of nitrogens with one attached hydrogen (secondary N) is 1. The van der Waals surface area contributed by atoms with Crippen LogP contribution in [-0.4, -0.2) is 18.5 Å². The lowest BCUT2D eigenvalue weighted by Gasteiger charge is -2.39.